The van der Waals surface area contributed by atoms with E-state index in [0.717, 1.165) is 36.6 Å². The molecule has 3 rings (SSSR count). The number of hydrogen-bond acceptors (Lipinski definition) is 4. The van der Waals surface area contributed by atoms with Gasteiger partial charge >= 0.3 is 0 Å². The maximum atomic E-state index is 12.1. The van der Waals surface area contributed by atoms with Crippen LogP contribution in [0.4, 0.5) is 5.82 Å². The first-order valence-corrected chi connectivity index (χ1v) is 6.22. The third-order valence-electron chi connectivity index (χ3n) is 3.24. The fraction of sp³-hybridized carbons (Fsp3) is 0.308. The average molecular weight is 257 g/mol. The summed E-state index contributed by atoms with van der Waals surface area (Å²) < 4.78 is 1.73. The quantitative estimate of drug-likeness (QED) is 0.831. The molecule has 0 fully saturated rings. The molecule has 1 aliphatic heterocycles. The molecule has 0 spiro atoms. The lowest BCUT2D eigenvalue weighted by Crippen LogP contribution is -2.24. The highest BCUT2D eigenvalue weighted by atomic mass is 16.1. The zero-order valence-electron chi connectivity index (χ0n) is 10.7. The number of aromatic nitrogens is 3. The minimum Gasteiger partial charge on any atom is -0.312 e. The first-order chi connectivity index (χ1) is 9.25. The summed E-state index contributed by atoms with van der Waals surface area (Å²) in [6.07, 6.45) is 4.11. The molecule has 2 N–H and O–H groups in total. The number of amides is 1. The molecule has 98 valence electrons. The third-order valence-corrected chi connectivity index (χ3v) is 3.24. The maximum absolute atomic E-state index is 12.1. The van der Waals surface area contributed by atoms with Crippen LogP contribution < -0.4 is 10.6 Å². The summed E-state index contributed by atoms with van der Waals surface area (Å²) in [5.41, 5.74) is 2.73. The number of nitrogens with one attached hydrogen (secondary N) is 2. The number of carbonyl (C=O) groups excluding carboxylic acids is 1. The Morgan fingerprint density at radius 1 is 1.42 bits per heavy atom. The van der Waals surface area contributed by atoms with Crippen LogP contribution in [0.2, 0.25) is 0 Å². The Hall–Kier alpha value is -2.21. The second kappa shape index (κ2) is 4.81. The number of fused-ring (bicyclic) bond motifs is 1. The van der Waals surface area contributed by atoms with E-state index in [1.54, 1.807) is 29.2 Å². The van der Waals surface area contributed by atoms with Gasteiger partial charge in [-0.15, -0.1) is 0 Å². The molecule has 1 amide bonds. The van der Waals surface area contributed by atoms with E-state index in [1.807, 2.05) is 7.05 Å². The van der Waals surface area contributed by atoms with Gasteiger partial charge in [0.25, 0.3) is 5.91 Å². The summed E-state index contributed by atoms with van der Waals surface area (Å²) in [4.78, 5) is 16.1. The van der Waals surface area contributed by atoms with E-state index >= 15 is 0 Å². The van der Waals surface area contributed by atoms with Crippen molar-refractivity contribution in [2.45, 2.75) is 13.0 Å². The van der Waals surface area contributed by atoms with Crippen molar-refractivity contribution in [1.82, 2.24) is 20.1 Å². The number of hydrogen-bond donors (Lipinski definition) is 2. The predicted octanol–water partition coefficient (Wildman–Crippen LogP) is 0.713. The molecule has 2 aromatic rings. The van der Waals surface area contributed by atoms with Gasteiger partial charge in [0.05, 0.1) is 5.69 Å². The van der Waals surface area contributed by atoms with Gasteiger partial charge in [0.1, 0.15) is 5.82 Å². The van der Waals surface area contributed by atoms with Crippen molar-refractivity contribution in [2.24, 2.45) is 7.05 Å². The van der Waals surface area contributed by atoms with Gasteiger partial charge in [0.2, 0.25) is 0 Å². The molecular formula is C13H15N5O. The smallest absolute Gasteiger partial charge is 0.256 e. The molecule has 0 radical (unpaired) electrons. The minimum atomic E-state index is -0.140. The van der Waals surface area contributed by atoms with Crippen molar-refractivity contribution >= 4 is 11.7 Å². The number of rotatable bonds is 2. The van der Waals surface area contributed by atoms with Gasteiger partial charge in [0, 0.05) is 50.1 Å². The van der Waals surface area contributed by atoms with Crippen LogP contribution in [0.1, 0.15) is 21.6 Å². The van der Waals surface area contributed by atoms with Crippen molar-refractivity contribution in [1.29, 1.82) is 0 Å². The lowest BCUT2D eigenvalue weighted by atomic mass is 10.1. The number of nitrogens with zero attached hydrogens (tertiary/aromatic N) is 3. The van der Waals surface area contributed by atoms with Crippen LogP contribution in [-0.2, 0) is 20.0 Å². The minimum absolute atomic E-state index is 0.140. The zero-order chi connectivity index (χ0) is 13.2. The number of pyridine rings is 1. The van der Waals surface area contributed by atoms with Crippen LogP contribution in [0.15, 0.2) is 24.5 Å². The molecule has 0 aromatic carbocycles. The molecule has 0 saturated carbocycles. The van der Waals surface area contributed by atoms with Gasteiger partial charge in [-0.25, -0.2) is 0 Å². The Bertz CT molecular complexity index is 605. The Balaban J connectivity index is 1.88. The molecule has 2 aromatic heterocycles. The Morgan fingerprint density at radius 3 is 3.00 bits per heavy atom. The maximum Gasteiger partial charge on any atom is 0.256 e. The summed E-state index contributed by atoms with van der Waals surface area (Å²) in [6.45, 7) is 1.68. The van der Waals surface area contributed by atoms with Crippen molar-refractivity contribution in [3.8, 4) is 0 Å². The van der Waals surface area contributed by atoms with Gasteiger partial charge < -0.3 is 10.6 Å². The third kappa shape index (κ3) is 2.22. The second-order valence-corrected chi connectivity index (χ2v) is 4.51. The Kier molecular flexibility index (Phi) is 3.00. The Labute approximate surface area is 110 Å². The van der Waals surface area contributed by atoms with E-state index in [2.05, 4.69) is 20.7 Å². The van der Waals surface area contributed by atoms with Crippen LogP contribution >= 0.6 is 0 Å². The summed E-state index contributed by atoms with van der Waals surface area (Å²) in [7, 11) is 1.85. The molecule has 6 heteroatoms. The molecule has 0 saturated heterocycles. The highest BCUT2D eigenvalue weighted by Crippen LogP contribution is 2.22. The van der Waals surface area contributed by atoms with Crippen molar-refractivity contribution in [2.75, 3.05) is 11.9 Å². The van der Waals surface area contributed by atoms with E-state index in [0.29, 0.717) is 5.56 Å². The predicted molar refractivity (Wildman–Crippen MR) is 70.8 cm³/mol. The van der Waals surface area contributed by atoms with Crippen molar-refractivity contribution in [3.63, 3.8) is 0 Å². The summed E-state index contributed by atoms with van der Waals surface area (Å²) in [5.74, 6) is 0.628. The standard InChI is InChI=1S/C13H15N5O/c1-18-12(10-8-15-7-4-11(10)17-18)16-13(19)9-2-5-14-6-3-9/h2-3,5-6,15H,4,7-8H2,1H3,(H,16,19). The molecule has 0 unspecified atom stereocenters. The van der Waals surface area contributed by atoms with E-state index in [1.165, 1.54) is 0 Å². The van der Waals surface area contributed by atoms with Crippen LogP contribution in [0, 0.1) is 0 Å². The lowest BCUT2D eigenvalue weighted by molar-refractivity contribution is 0.102. The molecule has 3 heterocycles. The van der Waals surface area contributed by atoms with E-state index < -0.39 is 0 Å². The molecule has 0 bridgehead atoms. The molecule has 0 aliphatic carbocycles. The van der Waals surface area contributed by atoms with Crippen LogP contribution in [-0.4, -0.2) is 27.2 Å². The van der Waals surface area contributed by atoms with Gasteiger partial charge in [-0.3, -0.25) is 14.5 Å². The topological polar surface area (TPSA) is 71.8 Å². The van der Waals surface area contributed by atoms with E-state index in [-0.39, 0.29) is 5.91 Å². The van der Waals surface area contributed by atoms with Gasteiger partial charge in [-0.1, -0.05) is 0 Å². The zero-order valence-corrected chi connectivity index (χ0v) is 10.7. The molecule has 0 atom stereocenters. The molecule has 6 nitrogen and oxygen atoms in total. The highest BCUT2D eigenvalue weighted by Gasteiger charge is 2.20. The molecular weight excluding hydrogens is 242 g/mol. The monoisotopic (exact) mass is 257 g/mol. The highest BCUT2D eigenvalue weighted by molar-refractivity contribution is 6.04. The van der Waals surface area contributed by atoms with Crippen LogP contribution in [0.25, 0.3) is 0 Å². The van der Waals surface area contributed by atoms with Crippen molar-refractivity contribution < 1.29 is 4.79 Å². The SMILES string of the molecule is Cn1nc2c(c1NC(=O)c1ccncc1)CNCC2. The Morgan fingerprint density at radius 2 is 2.21 bits per heavy atom. The summed E-state index contributed by atoms with van der Waals surface area (Å²) in [6, 6.07) is 3.38. The fourth-order valence-corrected chi connectivity index (χ4v) is 2.27. The lowest BCUT2D eigenvalue weighted by Gasteiger charge is -2.13. The number of aryl methyl sites for hydroxylation is 1. The average Bonchev–Trinajstić information content (AvgIpc) is 2.76. The number of carbonyl (C=O) groups is 1. The first kappa shape index (κ1) is 11.9. The largest absolute Gasteiger partial charge is 0.312 e. The van der Waals surface area contributed by atoms with E-state index in [9.17, 15) is 4.79 Å². The normalized spacial score (nSPS) is 13.9. The van der Waals surface area contributed by atoms with Crippen molar-refractivity contribution in [3.05, 3.63) is 41.3 Å². The molecule has 1 aliphatic rings. The molecule has 19 heavy (non-hydrogen) atoms. The van der Waals surface area contributed by atoms with Crippen LogP contribution in [0.3, 0.4) is 0 Å². The second-order valence-electron chi connectivity index (χ2n) is 4.51. The fourth-order valence-electron chi connectivity index (χ4n) is 2.27. The van der Waals surface area contributed by atoms with Gasteiger partial charge in [-0.2, -0.15) is 5.10 Å². The van der Waals surface area contributed by atoms with Gasteiger partial charge in [-0.05, 0) is 12.1 Å². The van der Waals surface area contributed by atoms with Gasteiger partial charge in [0.15, 0.2) is 0 Å². The number of anilines is 1. The summed E-state index contributed by atoms with van der Waals surface area (Å²) in [5, 5.41) is 10.7. The summed E-state index contributed by atoms with van der Waals surface area (Å²) >= 11 is 0. The van der Waals surface area contributed by atoms with E-state index in [4.69, 9.17) is 0 Å². The van der Waals surface area contributed by atoms with Crippen LogP contribution in [0.5, 0.6) is 0 Å². The first-order valence-electron chi connectivity index (χ1n) is 6.22.